The molecule has 0 saturated heterocycles. The first-order valence-electron chi connectivity index (χ1n) is 48.4. The Kier molecular flexibility index (Phi) is 17.6. The summed E-state index contributed by atoms with van der Waals surface area (Å²) in [6, 6.07) is 138. The SMILES string of the molecule is [2H]c1c([2H])c([2H])c(-c2ccc3c(c2)N(c2c(-c4ccccc4)cc(C(C)(C)C)cc2-c2ccccc2)c2cc(-n4c5ccc(N(c6ccccc6)c6ccccc6)cc5c5cc(-n6c7ccccc7c7ccccc76)ccc54)cc4c2B3c2ccc(-n3c5ccc(C(C)(C)C)cc5c5cc(C(C)(C)C)ccc53)cc2N4c2c(-c3ccccc3)cc(C(C)(C)C)cc2-c2ccccc2)c([2H])c1[2H]. The number of benzene rings is 18. The molecule has 0 spiro atoms. The second-order valence-electron chi connectivity index (χ2n) is 39.7. The zero-order valence-electron chi connectivity index (χ0n) is 81.1. The molecule has 7 heteroatoms. The molecule has 0 unspecified atom stereocenters. The molecule has 6 nitrogen and oxygen atoms in total. The van der Waals surface area contributed by atoms with E-state index >= 15 is 0 Å². The molecule has 0 bridgehead atoms. The first-order valence-corrected chi connectivity index (χ1v) is 45.9. The Hall–Kier alpha value is -15.2. The van der Waals surface area contributed by atoms with Crippen LogP contribution in [0.4, 0.5) is 51.2 Å². The van der Waals surface area contributed by atoms with Gasteiger partial charge in [-0.05, 0) is 245 Å². The van der Waals surface area contributed by atoms with Gasteiger partial charge in [0, 0.05) is 106 Å². The largest absolute Gasteiger partial charge is 0.310 e. The summed E-state index contributed by atoms with van der Waals surface area (Å²) in [4.78, 5) is 7.57. The highest BCUT2D eigenvalue weighted by atomic mass is 15.2. The van der Waals surface area contributed by atoms with Gasteiger partial charge in [0.15, 0.2) is 0 Å². The molecule has 0 radical (unpaired) electrons. The van der Waals surface area contributed by atoms with Crippen LogP contribution in [0.3, 0.4) is 0 Å². The lowest BCUT2D eigenvalue weighted by molar-refractivity contribution is 0.590. The van der Waals surface area contributed by atoms with Crippen LogP contribution in [0.5, 0.6) is 0 Å². The van der Waals surface area contributed by atoms with Crippen LogP contribution in [-0.2, 0) is 21.7 Å². The Labute approximate surface area is 776 Å². The van der Waals surface area contributed by atoms with E-state index in [0.717, 1.165) is 179 Å². The number of rotatable bonds is 13. The summed E-state index contributed by atoms with van der Waals surface area (Å²) in [5, 5.41) is 6.79. The summed E-state index contributed by atoms with van der Waals surface area (Å²) in [5.41, 5.74) is 33.4. The van der Waals surface area contributed by atoms with Crippen LogP contribution >= 0.6 is 0 Å². The van der Waals surface area contributed by atoms with Crippen molar-refractivity contribution in [3.8, 4) is 72.7 Å². The number of fused-ring (bicyclic) bond motifs is 13. The lowest BCUT2D eigenvalue weighted by atomic mass is 9.33. The molecule has 131 heavy (non-hydrogen) atoms. The van der Waals surface area contributed by atoms with E-state index in [1.165, 1.54) is 38.2 Å². The van der Waals surface area contributed by atoms with E-state index in [1.54, 1.807) is 0 Å². The normalized spacial score (nSPS) is 13.4. The molecular formula is C124H103BN6. The number of nitrogens with zero attached hydrogens (tertiary/aromatic N) is 6. The van der Waals surface area contributed by atoms with Gasteiger partial charge in [0.1, 0.15) is 0 Å². The van der Waals surface area contributed by atoms with Crippen molar-refractivity contribution < 1.29 is 6.85 Å². The van der Waals surface area contributed by atoms with Gasteiger partial charge in [-0.1, -0.05) is 338 Å². The Balaban J connectivity index is 0.933. The number of aromatic nitrogens is 3. The fraction of sp³-hybridized carbons (Fsp3) is 0.129. The van der Waals surface area contributed by atoms with Crippen molar-refractivity contribution in [3.05, 3.63) is 429 Å². The minimum atomic E-state index is -0.554. The van der Waals surface area contributed by atoms with Gasteiger partial charge >= 0.3 is 0 Å². The van der Waals surface area contributed by atoms with Crippen LogP contribution in [0.25, 0.3) is 138 Å². The lowest BCUT2D eigenvalue weighted by Gasteiger charge is -2.46. The number of anilines is 9. The molecule has 3 aromatic heterocycles. The second-order valence-corrected chi connectivity index (χ2v) is 39.7. The molecule has 0 saturated carbocycles. The Morgan fingerprint density at radius 1 is 0.237 bits per heavy atom. The van der Waals surface area contributed by atoms with Crippen molar-refractivity contribution in [2.45, 2.75) is 105 Å². The zero-order chi connectivity index (χ0) is 93.4. The van der Waals surface area contributed by atoms with Gasteiger partial charge in [-0.25, -0.2) is 0 Å². The first-order chi connectivity index (χ1) is 65.6. The molecule has 2 aliphatic rings. The van der Waals surface area contributed by atoms with Gasteiger partial charge in [-0.2, -0.15) is 0 Å². The van der Waals surface area contributed by atoms with Crippen molar-refractivity contribution in [2.24, 2.45) is 0 Å². The van der Waals surface area contributed by atoms with E-state index in [-0.39, 0.29) is 39.3 Å². The van der Waals surface area contributed by atoms with Gasteiger partial charge in [-0.15, -0.1) is 0 Å². The molecule has 23 rings (SSSR count). The monoisotopic (exact) mass is 1690 g/mol. The average molecular weight is 1690 g/mol. The highest BCUT2D eigenvalue weighted by Crippen LogP contribution is 2.57. The van der Waals surface area contributed by atoms with E-state index in [0.29, 0.717) is 5.56 Å². The number of hydrogen-bond acceptors (Lipinski definition) is 3. The minimum absolute atomic E-state index is 0.113. The summed E-state index contributed by atoms with van der Waals surface area (Å²) in [6.07, 6.45) is 0. The summed E-state index contributed by atoms with van der Waals surface area (Å²) >= 11 is 0. The quantitative estimate of drug-likeness (QED) is 0.108. The summed E-state index contributed by atoms with van der Waals surface area (Å²) in [5.74, 6) is 0. The van der Waals surface area contributed by atoms with Gasteiger partial charge in [0.25, 0.3) is 6.71 Å². The van der Waals surface area contributed by atoms with Crippen molar-refractivity contribution in [1.29, 1.82) is 0 Å². The predicted molar refractivity (Wildman–Crippen MR) is 560 cm³/mol. The fourth-order valence-electron chi connectivity index (χ4n) is 20.8. The maximum Gasteiger partial charge on any atom is 0.252 e. The van der Waals surface area contributed by atoms with Gasteiger partial charge in [0.05, 0.1) is 57.0 Å². The standard InChI is InChI=1S/C124H103BN6/c1-121(2,3)86-57-64-110-102(69-86)103-70-87(122(4,5)6)58-65-111(103)128(110)94-59-63-107-115(77-94)131(120-100(83-44-26-16-27-45-83)73-89(124(10,11)12)74-101(120)84-46-28-17-29-47-84)117-79-95(78-116-118(117)125(107)106-62-56-85(80-38-20-13-21-39-80)68-114(106)130(116)119-98(81-40-22-14-23-41-81)71-88(123(7,8)9)72-99(119)82-42-24-15-25-43-82)129-112-66-60-92(126(90-48-30-18-31-49-90)91-50-32-19-33-51-91)75-104(112)105-76-93(61-67-113(105)129)127-108-54-36-34-52-96(108)97-53-35-37-55-109(97)127/h13-79H,1-12H3/i13D,20D,21D,38D,39D. The molecule has 0 N–H and O–H groups in total. The third kappa shape index (κ3) is 13.5. The second kappa shape index (κ2) is 30.8. The van der Waals surface area contributed by atoms with Crippen molar-refractivity contribution in [2.75, 3.05) is 14.7 Å². The number of hydrogen-bond donors (Lipinski definition) is 0. The third-order valence-electron chi connectivity index (χ3n) is 27.4. The van der Waals surface area contributed by atoms with Crippen LogP contribution in [-0.4, -0.2) is 20.4 Å². The van der Waals surface area contributed by atoms with Crippen molar-refractivity contribution in [3.63, 3.8) is 0 Å². The average Bonchev–Trinajstić information content (AvgIpc) is 0.848. The van der Waals surface area contributed by atoms with E-state index in [4.69, 9.17) is 1.37 Å². The van der Waals surface area contributed by atoms with Gasteiger partial charge in [-0.3, -0.25) is 0 Å². The molecule has 0 amide bonds. The Morgan fingerprint density at radius 3 is 1.01 bits per heavy atom. The Morgan fingerprint density at radius 2 is 0.573 bits per heavy atom. The number of para-hydroxylation sites is 4. The molecule has 5 heterocycles. The van der Waals surface area contributed by atoms with Crippen LogP contribution in [0.2, 0.25) is 0 Å². The molecule has 0 fully saturated rings. The highest BCUT2D eigenvalue weighted by Gasteiger charge is 2.47. The molecular weight excluding hydrogens is 1580 g/mol. The minimum Gasteiger partial charge on any atom is -0.310 e. The first kappa shape index (κ1) is 74.9. The third-order valence-corrected chi connectivity index (χ3v) is 27.4. The van der Waals surface area contributed by atoms with E-state index in [1.807, 2.05) is 6.07 Å². The summed E-state index contributed by atoms with van der Waals surface area (Å²) in [7, 11) is 0. The molecule has 18 aromatic carbocycles. The van der Waals surface area contributed by atoms with E-state index in [2.05, 4.69) is 482 Å². The maximum atomic E-state index is 9.98. The molecule has 2 aliphatic heterocycles. The lowest BCUT2D eigenvalue weighted by Crippen LogP contribution is -2.61. The topological polar surface area (TPSA) is 24.5 Å². The summed E-state index contributed by atoms with van der Waals surface area (Å²) < 4.78 is 55.4. The van der Waals surface area contributed by atoms with E-state index < -0.39 is 24.8 Å². The predicted octanol–water partition coefficient (Wildman–Crippen LogP) is 32.1. The smallest absolute Gasteiger partial charge is 0.252 e. The van der Waals surface area contributed by atoms with Crippen molar-refractivity contribution >= 4 is 140 Å². The van der Waals surface area contributed by atoms with Crippen molar-refractivity contribution in [1.82, 2.24) is 13.7 Å². The van der Waals surface area contributed by atoms with Crippen LogP contribution in [0, 0.1) is 0 Å². The van der Waals surface area contributed by atoms with Crippen LogP contribution in [0.1, 0.15) is 112 Å². The summed E-state index contributed by atoms with van der Waals surface area (Å²) in [6.45, 7) is 27.2. The Bertz CT molecular complexity index is 8130. The maximum absolute atomic E-state index is 9.98. The van der Waals surface area contributed by atoms with E-state index in [9.17, 15) is 5.48 Å². The molecule has 0 atom stereocenters. The molecule has 0 aliphatic carbocycles. The highest BCUT2D eigenvalue weighted by molar-refractivity contribution is 7.00. The fourth-order valence-corrected chi connectivity index (χ4v) is 20.8. The van der Waals surface area contributed by atoms with Gasteiger partial charge < -0.3 is 28.4 Å². The van der Waals surface area contributed by atoms with Crippen LogP contribution < -0.4 is 31.1 Å². The van der Waals surface area contributed by atoms with Crippen LogP contribution in [0.15, 0.2) is 406 Å². The zero-order valence-corrected chi connectivity index (χ0v) is 76.1. The molecule has 21 aromatic rings. The molecule has 632 valence electrons. The van der Waals surface area contributed by atoms with Gasteiger partial charge in [0.2, 0.25) is 0 Å².